The highest BCUT2D eigenvalue weighted by atomic mass is 35.5. The van der Waals surface area contributed by atoms with Gasteiger partial charge in [-0.1, -0.05) is 41.9 Å². The number of amides is 1. The Morgan fingerprint density at radius 3 is 2.73 bits per heavy atom. The predicted octanol–water partition coefficient (Wildman–Crippen LogP) is 4.49. The summed E-state index contributed by atoms with van der Waals surface area (Å²) in [5.41, 5.74) is 3.17. The Labute approximate surface area is 158 Å². The molecular weight excluding hydrogens is 346 g/mol. The fraction of sp³-hybridized carbons (Fsp3) is 0.333. The van der Waals surface area contributed by atoms with Crippen molar-refractivity contribution in [3.05, 3.63) is 65.4 Å². The SMILES string of the molecule is C[C@@H](CC(=O)NCC1(c2ccccc2Cl)CC1)n1cnc2ccccc21. The van der Waals surface area contributed by atoms with E-state index in [0.717, 1.165) is 34.5 Å². The van der Waals surface area contributed by atoms with Crippen LogP contribution in [0.25, 0.3) is 11.0 Å². The van der Waals surface area contributed by atoms with E-state index in [2.05, 4.69) is 27.9 Å². The molecule has 3 aromatic rings. The molecule has 0 spiro atoms. The van der Waals surface area contributed by atoms with Gasteiger partial charge in [0.1, 0.15) is 0 Å². The van der Waals surface area contributed by atoms with E-state index in [0.29, 0.717) is 13.0 Å². The fourth-order valence-corrected chi connectivity index (χ4v) is 3.96. The van der Waals surface area contributed by atoms with Crippen LogP contribution < -0.4 is 5.32 Å². The van der Waals surface area contributed by atoms with Gasteiger partial charge in [-0.2, -0.15) is 0 Å². The Bertz CT molecular complexity index is 945. The summed E-state index contributed by atoms with van der Waals surface area (Å²) >= 11 is 6.35. The largest absolute Gasteiger partial charge is 0.355 e. The van der Waals surface area contributed by atoms with Crippen LogP contribution in [-0.4, -0.2) is 22.0 Å². The monoisotopic (exact) mass is 367 g/mol. The van der Waals surface area contributed by atoms with Gasteiger partial charge >= 0.3 is 0 Å². The Hall–Kier alpha value is -2.33. The lowest BCUT2D eigenvalue weighted by molar-refractivity contribution is -0.121. The maximum absolute atomic E-state index is 12.5. The van der Waals surface area contributed by atoms with Gasteiger partial charge in [0.05, 0.1) is 17.4 Å². The number of para-hydroxylation sites is 2. The van der Waals surface area contributed by atoms with Gasteiger partial charge in [0.25, 0.3) is 0 Å². The number of imidazole rings is 1. The van der Waals surface area contributed by atoms with E-state index < -0.39 is 0 Å². The first-order chi connectivity index (χ1) is 12.6. The quantitative estimate of drug-likeness (QED) is 0.697. The van der Waals surface area contributed by atoms with Crippen molar-refractivity contribution in [3.8, 4) is 0 Å². The van der Waals surface area contributed by atoms with Gasteiger partial charge in [0, 0.05) is 29.4 Å². The first-order valence-corrected chi connectivity index (χ1v) is 9.40. The predicted molar refractivity (Wildman–Crippen MR) is 104 cm³/mol. The molecule has 1 saturated carbocycles. The van der Waals surface area contributed by atoms with Crippen LogP contribution >= 0.6 is 11.6 Å². The highest BCUT2D eigenvalue weighted by molar-refractivity contribution is 6.31. The maximum Gasteiger partial charge on any atom is 0.222 e. The van der Waals surface area contributed by atoms with Crippen LogP contribution in [0.2, 0.25) is 5.02 Å². The minimum atomic E-state index is 0.0128. The van der Waals surface area contributed by atoms with Gasteiger partial charge in [-0.25, -0.2) is 4.98 Å². The van der Waals surface area contributed by atoms with Crippen molar-refractivity contribution < 1.29 is 4.79 Å². The van der Waals surface area contributed by atoms with Crippen LogP contribution in [-0.2, 0) is 10.2 Å². The summed E-state index contributed by atoms with van der Waals surface area (Å²) in [4.78, 5) is 16.9. The number of aromatic nitrogens is 2. The third-order valence-electron chi connectivity index (χ3n) is 5.36. The molecule has 1 aliphatic rings. The molecular formula is C21H22ClN3O. The minimum absolute atomic E-state index is 0.0128. The molecule has 1 amide bonds. The molecule has 1 heterocycles. The minimum Gasteiger partial charge on any atom is -0.355 e. The van der Waals surface area contributed by atoms with Gasteiger partial charge in [0.15, 0.2) is 0 Å². The summed E-state index contributed by atoms with van der Waals surface area (Å²) in [6.07, 6.45) is 4.38. The number of hydrogen-bond acceptors (Lipinski definition) is 2. The molecule has 1 fully saturated rings. The summed E-state index contributed by atoms with van der Waals surface area (Å²) in [6.45, 7) is 2.70. The molecule has 0 bridgehead atoms. The summed E-state index contributed by atoms with van der Waals surface area (Å²) in [6, 6.07) is 16.0. The van der Waals surface area contributed by atoms with Crippen LogP contribution in [0, 0.1) is 0 Å². The second kappa shape index (κ2) is 6.76. The molecule has 5 heteroatoms. The zero-order valence-electron chi connectivity index (χ0n) is 14.8. The molecule has 2 aromatic carbocycles. The number of hydrogen-bond donors (Lipinski definition) is 1. The Kier molecular flexibility index (Phi) is 4.45. The first kappa shape index (κ1) is 17.1. The van der Waals surface area contributed by atoms with Crippen LogP contribution in [0.1, 0.15) is 37.8 Å². The summed E-state index contributed by atoms with van der Waals surface area (Å²) in [7, 11) is 0. The third kappa shape index (κ3) is 3.21. The van der Waals surface area contributed by atoms with Crippen LogP contribution in [0.4, 0.5) is 0 Å². The molecule has 1 atom stereocenters. The van der Waals surface area contributed by atoms with E-state index in [1.165, 1.54) is 0 Å². The topological polar surface area (TPSA) is 46.9 Å². The molecule has 1 aromatic heterocycles. The van der Waals surface area contributed by atoms with Crippen molar-refractivity contribution in [2.45, 2.75) is 37.6 Å². The number of rotatable bonds is 6. The lowest BCUT2D eigenvalue weighted by Gasteiger charge is -2.19. The van der Waals surface area contributed by atoms with E-state index in [-0.39, 0.29) is 17.4 Å². The Balaban J connectivity index is 1.39. The van der Waals surface area contributed by atoms with Crippen molar-refractivity contribution in [1.82, 2.24) is 14.9 Å². The molecule has 0 aliphatic heterocycles. The van der Waals surface area contributed by atoms with E-state index in [4.69, 9.17) is 11.6 Å². The van der Waals surface area contributed by atoms with E-state index in [9.17, 15) is 4.79 Å². The van der Waals surface area contributed by atoms with Gasteiger partial charge in [0.2, 0.25) is 5.91 Å². The third-order valence-corrected chi connectivity index (χ3v) is 5.69. The first-order valence-electron chi connectivity index (χ1n) is 9.02. The highest BCUT2D eigenvalue weighted by Crippen LogP contribution is 2.49. The summed E-state index contributed by atoms with van der Waals surface area (Å²) in [5, 5.41) is 3.91. The van der Waals surface area contributed by atoms with Gasteiger partial charge in [-0.15, -0.1) is 0 Å². The zero-order chi connectivity index (χ0) is 18.1. The fourth-order valence-electron chi connectivity index (χ4n) is 3.62. The smallest absolute Gasteiger partial charge is 0.222 e. The van der Waals surface area contributed by atoms with Gasteiger partial charge in [-0.05, 0) is 43.5 Å². The molecule has 4 rings (SSSR count). The normalized spacial score (nSPS) is 16.4. The Morgan fingerprint density at radius 1 is 1.23 bits per heavy atom. The molecule has 0 radical (unpaired) electrons. The number of nitrogens with one attached hydrogen (secondary N) is 1. The molecule has 1 aliphatic carbocycles. The summed E-state index contributed by atoms with van der Waals surface area (Å²) in [5.74, 6) is 0.0635. The van der Waals surface area contributed by atoms with Gasteiger partial charge < -0.3 is 9.88 Å². The van der Waals surface area contributed by atoms with Crippen molar-refractivity contribution >= 4 is 28.5 Å². The Morgan fingerprint density at radius 2 is 1.96 bits per heavy atom. The number of nitrogens with zero attached hydrogens (tertiary/aromatic N) is 2. The van der Waals surface area contributed by atoms with E-state index in [1.54, 1.807) is 0 Å². The highest BCUT2D eigenvalue weighted by Gasteiger charge is 2.45. The molecule has 134 valence electrons. The lowest BCUT2D eigenvalue weighted by Crippen LogP contribution is -2.33. The van der Waals surface area contributed by atoms with Crippen LogP contribution in [0.3, 0.4) is 0 Å². The second-order valence-electron chi connectivity index (χ2n) is 7.23. The standard InChI is InChI=1S/C21H22ClN3O/c1-15(25-14-24-18-8-4-5-9-19(18)25)12-20(26)23-13-21(10-11-21)16-6-2-3-7-17(16)22/h2-9,14-15H,10-13H2,1H3,(H,23,26)/t15-/m0/s1. The average Bonchev–Trinajstić information content (AvgIpc) is 3.30. The zero-order valence-corrected chi connectivity index (χ0v) is 15.5. The number of halogens is 1. The summed E-state index contributed by atoms with van der Waals surface area (Å²) < 4.78 is 2.07. The van der Waals surface area contributed by atoms with Crippen molar-refractivity contribution in [3.63, 3.8) is 0 Å². The second-order valence-corrected chi connectivity index (χ2v) is 7.64. The van der Waals surface area contributed by atoms with E-state index >= 15 is 0 Å². The van der Waals surface area contributed by atoms with Crippen LogP contribution in [0.5, 0.6) is 0 Å². The van der Waals surface area contributed by atoms with Gasteiger partial charge in [-0.3, -0.25) is 4.79 Å². The number of benzene rings is 2. The molecule has 0 unspecified atom stereocenters. The molecule has 4 nitrogen and oxygen atoms in total. The maximum atomic E-state index is 12.5. The lowest BCUT2D eigenvalue weighted by atomic mass is 9.96. The molecule has 1 N–H and O–H groups in total. The number of carbonyl (C=O) groups excluding carboxylic acids is 1. The number of fused-ring (bicyclic) bond motifs is 1. The molecule has 26 heavy (non-hydrogen) atoms. The van der Waals surface area contributed by atoms with E-state index in [1.807, 2.05) is 48.8 Å². The van der Waals surface area contributed by atoms with Crippen molar-refractivity contribution in [2.75, 3.05) is 6.54 Å². The van der Waals surface area contributed by atoms with Crippen molar-refractivity contribution in [1.29, 1.82) is 0 Å². The van der Waals surface area contributed by atoms with Crippen LogP contribution in [0.15, 0.2) is 54.9 Å². The average molecular weight is 368 g/mol. The van der Waals surface area contributed by atoms with Crippen molar-refractivity contribution in [2.24, 2.45) is 0 Å². The number of carbonyl (C=O) groups is 1. The molecule has 0 saturated heterocycles.